The summed E-state index contributed by atoms with van der Waals surface area (Å²) in [5, 5.41) is 2.79. The van der Waals surface area contributed by atoms with Crippen LogP contribution in [0, 0.1) is 0 Å². The van der Waals surface area contributed by atoms with Gasteiger partial charge < -0.3 is 15.0 Å². The summed E-state index contributed by atoms with van der Waals surface area (Å²) in [6.45, 7) is 2.24. The first-order chi connectivity index (χ1) is 11.5. The van der Waals surface area contributed by atoms with E-state index >= 15 is 0 Å². The molecule has 0 unspecified atom stereocenters. The number of carbonyl (C=O) groups is 1. The Morgan fingerprint density at radius 2 is 2.08 bits per heavy atom. The number of amides is 2. The van der Waals surface area contributed by atoms with Crippen molar-refractivity contribution in [3.63, 3.8) is 0 Å². The van der Waals surface area contributed by atoms with Gasteiger partial charge in [-0.05, 0) is 56.2 Å². The molecule has 1 aromatic heterocycles. The number of likely N-dealkylation sites (tertiary alicyclic amines) is 1. The van der Waals surface area contributed by atoms with Crippen LogP contribution in [0.25, 0.3) is 0 Å². The number of halogens is 1. The fourth-order valence-electron chi connectivity index (χ4n) is 2.72. The van der Waals surface area contributed by atoms with E-state index in [1.165, 1.54) is 11.8 Å². The molecule has 1 atom stereocenters. The van der Waals surface area contributed by atoms with Crippen LogP contribution in [0.4, 0.5) is 14.9 Å². The summed E-state index contributed by atoms with van der Waals surface area (Å²) in [6, 6.07) is 10.4. The SMILES string of the molecule is C[C@]1(F)CCCN(C(=O)Nc2ccc(Oc3cccnc3)cc2)C1. The van der Waals surface area contributed by atoms with Crippen LogP contribution in [0.2, 0.25) is 0 Å². The Hall–Kier alpha value is -2.63. The van der Waals surface area contributed by atoms with Crippen molar-refractivity contribution in [1.29, 1.82) is 0 Å². The Morgan fingerprint density at radius 3 is 2.75 bits per heavy atom. The van der Waals surface area contributed by atoms with Gasteiger partial charge in [-0.15, -0.1) is 0 Å². The third kappa shape index (κ3) is 4.22. The maximum absolute atomic E-state index is 14.0. The van der Waals surface area contributed by atoms with Gasteiger partial charge in [0.15, 0.2) is 0 Å². The molecule has 24 heavy (non-hydrogen) atoms. The topological polar surface area (TPSA) is 54.5 Å². The molecule has 1 N–H and O–H groups in total. The summed E-state index contributed by atoms with van der Waals surface area (Å²) < 4.78 is 19.7. The third-order valence-electron chi connectivity index (χ3n) is 3.91. The van der Waals surface area contributed by atoms with Gasteiger partial charge in [0.05, 0.1) is 12.7 Å². The number of hydrogen-bond donors (Lipinski definition) is 1. The van der Waals surface area contributed by atoms with Gasteiger partial charge in [-0.25, -0.2) is 9.18 Å². The molecule has 1 aromatic carbocycles. The van der Waals surface area contributed by atoms with Crippen LogP contribution in [0.3, 0.4) is 0 Å². The molecule has 1 aliphatic heterocycles. The van der Waals surface area contributed by atoms with E-state index < -0.39 is 5.67 Å². The van der Waals surface area contributed by atoms with E-state index in [2.05, 4.69) is 10.3 Å². The van der Waals surface area contributed by atoms with Crippen LogP contribution in [0.5, 0.6) is 11.5 Å². The number of nitrogens with one attached hydrogen (secondary N) is 1. The number of ether oxygens (including phenoxy) is 1. The second-order valence-electron chi connectivity index (χ2n) is 6.18. The van der Waals surface area contributed by atoms with Gasteiger partial charge >= 0.3 is 6.03 Å². The van der Waals surface area contributed by atoms with E-state index in [1.807, 2.05) is 6.07 Å². The predicted molar refractivity (Wildman–Crippen MR) is 90.1 cm³/mol. The maximum atomic E-state index is 14.0. The first-order valence-electron chi connectivity index (χ1n) is 7.95. The summed E-state index contributed by atoms with van der Waals surface area (Å²) in [5.41, 5.74) is -0.665. The van der Waals surface area contributed by atoms with Crippen molar-refractivity contribution in [2.24, 2.45) is 0 Å². The van der Waals surface area contributed by atoms with E-state index in [0.29, 0.717) is 36.6 Å². The molecule has 0 aliphatic carbocycles. The van der Waals surface area contributed by atoms with Crippen LogP contribution >= 0.6 is 0 Å². The average molecular weight is 329 g/mol. The number of benzene rings is 1. The van der Waals surface area contributed by atoms with Gasteiger partial charge in [0.2, 0.25) is 0 Å². The molecule has 5 nitrogen and oxygen atoms in total. The van der Waals surface area contributed by atoms with Crippen molar-refractivity contribution < 1.29 is 13.9 Å². The zero-order valence-electron chi connectivity index (χ0n) is 13.5. The molecule has 2 aromatic rings. The molecule has 1 aliphatic rings. The normalized spacial score (nSPS) is 20.5. The molecule has 2 heterocycles. The molecule has 0 saturated carbocycles. The molecule has 6 heteroatoms. The van der Waals surface area contributed by atoms with Crippen molar-refractivity contribution in [3.8, 4) is 11.5 Å². The number of aromatic nitrogens is 1. The lowest BCUT2D eigenvalue weighted by Gasteiger charge is -2.35. The van der Waals surface area contributed by atoms with Gasteiger partial charge in [-0.1, -0.05) is 0 Å². The van der Waals surface area contributed by atoms with Crippen molar-refractivity contribution in [2.75, 3.05) is 18.4 Å². The summed E-state index contributed by atoms with van der Waals surface area (Å²) >= 11 is 0. The maximum Gasteiger partial charge on any atom is 0.321 e. The molecule has 0 spiro atoms. The van der Waals surface area contributed by atoms with Crippen LogP contribution in [0.15, 0.2) is 48.8 Å². The highest BCUT2D eigenvalue weighted by Gasteiger charge is 2.32. The number of rotatable bonds is 3. The lowest BCUT2D eigenvalue weighted by atomic mass is 9.97. The number of hydrogen-bond acceptors (Lipinski definition) is 3. The van der Waals surface area contributed by atoms with E-state index in [9.17, 15) is 9.18 Å². The summed E-state index contributed by atoms with van der Waals surface area (Å²) in [5.74, 6) is 1.29. The number of piperidine rings is 1. The molecule has 3 rings (SSSR count). The third-order valence-corrected chi connectivity index (χ3v) is 3.91. The zero-order valence-corrected chi connectivity index (χ0v) is 13.5. The van der Waals surface area contributed by atoms with Crippen LogP contribution in [-0.2, 0) is 0 Å². The summed E-state index contributed by atoms with van der Waals surface area (Å²) in [7, 11) is 0. The predicted octanol–water partition coefficient (Wildman–Crippen LogP) is 4.23. The minimum atomic E-state index is -1.31. The number of nitrogens with zero attached hydrogens (tertiary/aromatic N) is 2. The van der Waals surface area contributed by atoms with Gasteiger partial charge in [-0.3, -0.25) is 4.98 Å². The molecule has 1 fully saturated rings. The molecule has 0 bridgehead atoms. The molecular formula is C18H20FN3O2. The van der Waals surface area contributed by atoms with Gasteiger partial charge in [0, 0.05) is 18.4 Å². The van der Waals surface area contributed by atoms with Gasteiger partial charge in [0.25, 0.3) is 0 Å². The van der Waals surface area contributed by atoms with Crippen LogP contribution < -0.4 is 10.1 Å². The lowest BCUT2D eigenvalue weighted by molar-refractivity contribution is 0.0808. The number of anilines is 1. The number of pyridine rings is 1. The highest BCUT2D eigenvalue weighted by molar-refractivity contribution is 5.89. The van der Waals surface area contributed by atoms with Crippen molar-refractivity contribution in [3.05, 3.63) is 48.8 Å². The second kappa shape index (κ2) is 6.86. The standard InChI is InChI=1S/C18H20FN3O2/c1-18(19)9-3-11-22(13-18)17(23)21-14-5-7-15(8-6-14)24-16-4-2-10-20-12-16/h2,4-8,10,12H,3,9,11,13H2,1H3,(H,21,23)/t18-/m0/s1. The minimum absolute atomic E-state index is 0.126. The summed E-state index contributed by atoms with van der Waals surface area (Å²) in [6.07, 6.45) is 4.48. The Morgan fingerprint density at radius 1 is 1.29 bits per heavy atom. The first kappa shape index (κ1) is 16.2. The summed E-state index contributed by atoms with van der Waals surface area (Å²) in [4.78, 5) is 17.7. The largest absolute Gasteiger partial charge is 0.456 e. The quantitative estimate of drug-likeness (QED) is 0.917. The number of alkyl halides is 1. The Labute approximate surface area is 140 Å². The van der Waals surface area contributed by atoms with E-state index in [1.54, 1.807) is 42.7 Å². The van der Waals surface area contributed by atoms with Crippen LogP contribution in [-0.4, -0.2) is 34.7 Å². The Kier molecular flexibility index (Phi) is 4.64. The second-order valence-corrected chi connectivity index (χ2v) is 6.18. The minimum Gasteiger partial charge on any atom is -0.456 e. The van der Waals surface area contributed by atoms with Crippen molar-refractivity contribution in [2.45, 2.75) is 25.4 Å². The molecular weight excluding hydrogens is 309 g/mol. The average Bonchev–Trinajstić information content (AvgIpc) is 2.57. The van der Waals surface area contributed by atoms with Gasteiger partial charge in [-0.2, -0.15) is 0 Å². The van der Waals surface area contributed by atoms with E-state index in [0.717, 1.165) is 0 Å². The zero-order chi connectivity index (χ0) is 17.0. The van der Waals surface area contributed by atoms with E-state index in [4.69, 9.17) is 4.74 Å². The highest BCUT2D eigenvalue weighted by Crippen LogP contribution is 2.26. The first-order valence-corrected chi connectivity index (χ1v) is 7.95. The lowest BCUT2D eigenvalue weighted by Crippen LogP contribution is -2.47. The number of urea groups is 1. The monoisotopic (exact) mass is 329 g/mol. The number of carbonyl (C=O) groups excluding carboxylic acids is 1. The fourth-order valence-corrected chi connectivity index (χ4v) is 2.72. The molecule has 2 amide bonds. The fraction of sp³-hybridized carbons (Fsp3) is 0.333. The smallest absolute Gasteiger partial charge is 0.321 e. The Bertz CT molecular complexity index is 689. The molecule has 0 radical (unpaired) electrons. The Balaban J connectivity index is 1.59. The van der Waals surface area contributed by atoms with Gasteiger partial charge in [0.1, 0.15) is 17.2 Å². The molecule has 126 valence electrons. The molecule has 1 saturated heterocycles. The highest BCUT2D eigenvalue weighted by atomic mass is 19.1. The van der Waals surface area contributed by atoms with E-state index in [-0.39, 0.29) is 12.6 Å². The van der Waals surface area contributed by atoms with Crippen LogP contribution in [0.1, 0.15) is 19.8 Å². The van der Waals surface area contributed by atoms with Crippen molar-refractivity contribution in [1.82, 2.24) is 9.88 Å². The van der Waals surface area contributed by atoms with Crippen molar-refractivity contribution >= 4 is 11.7 Å².